The maximum Gasteiger partial charge on any atom is 0.244 e. The summed E-state index contributed by atoms with van der Waals surface area (Å²) in [6, 6.07) is 12.0. The number of hydrazone groups is 1. The number of aryl methyl sites for hydroxylation is 3. The molecule has 0 atom stereocenters. The normalized spacial score (nSPS) is 10.9. The fourth-order valence-electron chi connectivity index (χ4n) is 2.01. The molecule has 2 aromatic rings. The van der Waals surface area contributed by atoms with Crippen molar-refractivity contribution in [3.63, 3.8) is 0 Å². The fourth-order valence-corrected chi connectivity index (χ4v) is 2.40. The van der Waals surface area contributed by atoms with Crippen LogP contribution in [0.4, 0.5) is 0 Å². The number of halogens is 1. The summed E-state index contributed by atoms with van der Waals surface area (Å²) in [6.45, 7) is 6.13. The summed E-state index contributed by atoms with van der Waals surface area (Å²) in [5.74, 6) is -0.120. The second kappa shape index (κ2) is 7.36. The quantitative estimate of drug-likeness (QED) is 0.649. The Morgan fingerprint density at radius 3 is 2.50 bits per heavy atom. The topological polar surface area (TPSA) is 41.5 Å². The van der Waals surface area contributed by atoms with Crippen LogP contribution in [0.25, 0.3) is 0 Å². The van der Waals surface area contributed by atoms with Crippen molar-refractivity contribution in [2.24, 2.45) is 5.10 Å². The Morgan fingerprint density at radius 2 is 1.82 bits per heavy atom. The average molecular weight is 359 g/mol. The zero-order valence-corrected chi connectivity index (χ0v) is 14.6. The van der Waals surface area contributed by atoms with Crippen molar-refractivity contribution in [1.29, 1.82) is 0 Å². The molecule has 0 aliphatic carbocycles. The van der Waals surface area contributed by atoms with Crippen LogP contribution in [0.1, 0.15) is 27.8 Å². The molecule has 0 heterocycles. The van der Waals surface area contributed by atoms with Crippen LogP contribution in [0, 0.1) is 20.8 Å². The maximum atomic E-state index is 11.9. The number of benzene rings is 2. The van der Waals surface area contributed by atoms with Crippen molar-refractivity contribution < 1.29 is 4.79 Å². The van der Waals surface area contributed by atoms with Gasteiger partial charge < -0.3 is 0 Å². The van der Waals surface area contributed by atoms with Gasteiger partial charge in [0, 0.05) is 4.47 Å². The molecule has 0 aliphatic heterocycles. The van der Waals surface area contributed by atoms with Crippen molar-refractivity contribution >= 4 is 28.1 Å². The lowest BCUT2D eigenvalue weighted by Gasteiger charge is -2.04. The van der Waals surface area contributed by atoms with E-state index in [4.69, 9.17) is 0 Å². The van der Waals surface area contributed by atoms with E-state index >= 15 is 0 Å². The zero-order valence-electron chi connectivity index (χ0n) is 13.0. The Bertz CT molecular complexity index is 723. The van der Waals surface area contributed by atoms with Crippen LogP contribution >= 0.6 is 15.9 Å². The molecule has 0 fully saturated rings. The lowest BCUT2D eigenvalue weighted by Crippen LogP contribution is -2.19. The van der Waals surface area contributed by atoms with Gasteiger partial charge in [-0.2, -0.15) is 5.10 Å². The van der Waals surface area contributed by atoms with E-state index in [9.17, 15) is 4.79 Å². The molecule has 114 valence electrons. The first-order chi connectivity index (χ1) is 10.5. The maximum absolute atomic E-state index is 11.9. The monoisotopic (exact) mass is 358 g/mol. The van der Waals surface area contributed by atoms with Gasteiger partial charge in [-0.1, -0.05) is 46.3 Å². The summed E-state index contributed by atoms with van der Waals surface area (Å²) >= 11 is 3.47. The average Bonchev–Trinajstić information content (AvgIpc) is 2.47. The number of carbonyl (C=O) groups is 1. The molecule has 0 bridgehead atoms. The molecular formula is C18H19BrN2O. The van der Waals surface area contributed by atoms with Crippen molar-refractivity contribution in [2.45, 2.75) is 27.2 Å². The molecule has 0 unspecified atom stereocenters. The second-order valence-corrected chi connectivity index (χ2v) is 6.25. The van der Waals surface area contributed by atoms with Gasteiger partial charge in [-0.25, -0.2) is 5.43 Å². The van der Waals surface area contributed by atoms with E-state index in [1.54, 1.807) is 6.21 Å². The van der Waals surface area contributed by atoms with Crippen molar-refractivity contribution in [2.75, 3.05) is 0 Å². The number of rotatable bonds is 4. The Kier molecular flexibility index (Phi) is 5.50. The van der Waals surface area contributed by atoms with E-state index in [2.05, 4.69) is 33.4 Å². The Labute approximate surface area is 139 Å². The summed E-state index contributed by atoms with van der Waals surface area (Å²) in [5.41, 5.74) is 8.08. The number of amides is 1. The van der Waals surface area contributed by atoms with Crippen LogP contribution in [-0.2, 0) is 11.2 Å². The van der Waals surface area contributed by atoms with Gasteiger partial charge >= 0.3 is 0 Å². The molecule has 1 N–H and O–H groups in total. The van der Waals surface area contributed by atoms with E-state index in [1.165, 1.54) is 11.1 Å². The predicted octanol–water partition coefficient (Wildman–Crippen LogP) is 4.07. The molecule has 2 aromatic carbocycles. The highest BCUT2D eigenvalue weighted by Crippen LogP contribution is 2.16. The van der Waals surface area contributed by atoms with E-state index < -0.39 is 0 Å². The van der Waals surface area contributed by atoms with Crippen LogP contribution in [-0.4, -0.2) is 12.1 Å². The van der Waals surface area contributed by atoms with Crippen molar-refractivity contribution in [3.8, 4) is 0 Å². The third-order valence-electron chi connectivity index (χ3n) is 3.53. The highest BCUT2D eigenvalue weighted by Gasteiger charge is 2.03. The molecule has 0 aromatic heterocycles. The van der Waals surface area contributed by atoms with Crippen molar-refractivity contribution in [1.82, 2.24) is 5.43 Å². The largest absolute Gasteiger partial charge is 0.273 e. The van der Waals surface area contributed by atoms with E-state index in [0.29, 0.717) is 6.42 Å². The first-order valence-electron chi connectivity index (χ1n) is 7.10. The van der Waals surface area contributed by atoms with Gasteiger partial charge in [0.25, 0.3) is 0 Å². The van der Waals surface area contributed by atoms with Gasteiger partial charge in [0.1, 0.15) is 0 Å². The summed E-state index contributed by atoms with van der Waals surface area (Å²) in [6.07, 6.45) is 1.97. The van der Waals surface area contributed by atoms with Gasteiger partial charge in [-0.05, 0) is 54.7 Å². The first-order valence-corrected chi connectivity index (χ1v) is 7.89. The third kappa shape index (κ3) is 4.53. The second-order valence-electron chi connectivity index (χ2n) is 5.40. The highest BCUT2D eigenvalue weighted by atomic mass is 79.9. The highest BCUT2D eigenvalue weighted by molar-refractivity contribution is 9.10. The summed E-state index contributed by atoms with van der Waals surface area (Å²) in [4.78, 5) is 11.9. The molecule has 3 nitrogen and oxygen atoms in total. The Hall–Kier alpha value is -1.94. The minimum absolute atomic E-state index is 0.120. The summed E-state index contributed by atoms with van der Waals surface area (Å²) < 4.78 is 1.03. The van der Waals surface area contributed by atoms with E-state index in [-0.39, 0.29) is 5.91 Å². The Morgan fingerprint density at radius 1 is 1.09 bits per heavy atom. The lowest BCUT2D eigenvalue weighted by molar-refractivity contribution is -0.120. The minimum atomic E-state index is -0.120. The molecule has 1 amide bonds. The minimum Gasteiger partial charge on any atom is -0.273 e. The SMILES string of the molecule is Cc1ccc(CC(=O)N/N=C\c2ccc(C)c(Br)c2)cc1C. The van der Waals surface area contributed by atoms with Crippen LogP contribution < -0.4 is 5.43 Å². The van der Waals surface area contributed by atoms with Gasteiger partial charge in [0.05, 0.1) is 12.6 Å². The molecule has 0 saturated heterocycles. The molecular weight excluding hydrogens is 340 g/mol. The standard InChI is InChI=1S/C18H19BrN2O/c1-12-4-6-15(8-14(12)3)10-18(22)21-20-11-16-7-5-13(2)17(19)9-16/h4-9,11H,10H2,1-3H3,(H,21,22)/b20-11-. The van der Waals surface area contributed by atoms with E-state index in [0.717, 1.165) is 21.2 Å². The summed E-state index contributed by atoms with van der Waals surface area (Å²) in [5, 5.41) is 4.00. The molecule has 0 aliphatic rings. The molecule has 22 heavy (non-hydrogen) atoms. The lowest BCUT2D eigenvalue weighted by atomic mass is 10.0. The number of hydrogen-bond donors (Lipinski definition) is 1. The molecule has 2 rings (SSSR count). The number of hydrogen-bond acceptors (Lipinski definition) is 2. The smallest absolute Gasteiger partial charge is 0.244 e. The summed E-state index contributed by atoms with van der Waals surface area (Å²) in [7, 11) is 0. The number of nitrogens with one attached hydrogen (secondary N) is 1. The molecule has 0 spiro atoms. The molecule has 4 heteroatoms. The van der Waals surface area contributed by atoms with Crippen LogP contribution in [0.2, 0.25) is 0 Å². The van der Waals surface area contributed by atoms with Crippen LogP contribution in [0.3, 0.4) is 0 Å². The number of nitrogens with zero attached hydrogens (tertiary/aromatic N) is 1. The van der Waals surface area contributed by atoms with Crippen molar-refractivity contribution in [3.05, 3.63) is 68.7 Å². The van der Waals surface area contributed by atoms with Gasteiger partial charge in [-0.15, -0.1) is 0 Å². The first kappa shape index (κ1) is 16.4. The predicted molar refractivity (Wildman–Crippen MR) is 94.2 cm³/mol. The van der Waals surface area contributed by atoms with Gasteiger partial charge in [0.2, 0.25) is 5.91 Å². The number of carbonyl (C=O) groups excluding carboxylic acids is 1. The molecule has 0 radical (unpaired) electrons. The van der Waals surface area contributed by atoms with Crippen LogP contribution in [0.5, 0.6) is 0 Å². The van der Waals surface area contributed by atoms with E-state index in [1.807, 2.05) is 50.2 Å². The third-order valence-corrected chi connectivity index (χ3v) is 4.39. The zero-order chi connectivity index (χ0) is 16.1. The fraction of sp³-hybridized carbons (Fsp3) is 0.222. The van der Waals surface area contributed by atoms with Gasteiger partial charge in [0.15, 0.2) is 0 Å². The Balaban J connectivity index is 1.93. The molecule has 0 saturated carbocycles. The van der Waals surface area contributed by atoms with Crippen LogP contribution in [0.15, 0.2) is 46.0 Å². The van der Waals surface area contributed by atoms with Gasteiger partial charge in [-0.3, -0.25) is 4.79 Å².